The number of primary amides is 1. The number of carbonyl (C=O) groups excluding carboxylic acids is 2. The maximum Gasteiger partial charge on any atom is 0.255 e. The van der Waals surface area contributed by atoms with Gasteiger partial charge in [-0.15, -0.1) is 0 Å². The van der Waals surface area contributed by atoms with Crippen LogP contribution in [0.3, 0.4) is 0 Å². The number of carbonyl (C=O) groups is 2. The molecule has 0 aliphatic carbocycles. The topological polar surface area (TPSA) is 98.2 Å². The molecule has 0 aliphatic rings. The van der Waals surface area contributed by atoms with Gasteiger partial charge in [-0.25, -0.2) is 0 Å². The Balaban J connectivity index is 2.16. The molecule has 2 aromatic rings. The zero-order valence-electron chi connectivity index (χ0n) is 10.1. The van der Waals surface area contributed by atoms with Gasteiger partial charge in [0.15, 0.2) is 0 Å². The van der Waals surface area contributed by atoms with Crippen molar-refractivity contribution in [2.75, 3.05) is 11.1 Å². The number of amides is 2. The van der Waals surface area contributed by atoms with Crippen LogP contribution in [0.15, 0.2) is 48.5 Å². The Labute approximate surface area is 110 Å². The average molecular weight is 255 g/mol. The Bertz CT molecular complexity index is 621. The van der Waals surface area contributed by atoms with Crippen molar-refractivity contribution in [1.82, 2.24) is 0 Å². The Kier molecular flexibility index (Phi) is 3.47. The number of hydrogen-bond acceptors (Lipinski definition) is 3. The summed E-state index contributed by atoms with van der Waals surface area (Å²) in [5.74, 6) is -0.826. The van der Waals surface area contributed by atoms with Crippen LogP contribution in [0.1, 0.15) is 20.7 Å². The van der Waals surface area contributed by atoms with Crippen LogP contribution in [0.4, 0.5) is 11.4 Å². The molecule has 0 spiro atoms. The fourth-order valence-corrected chi connectivity index (χ4v) is 1.59. The van der Waals surface area contributed by atoms with Gasteiger partial charge in [0.25, 0.3) is 5.91 Å². The smallest absolute Gasteiger partial charge is 0.255 e. The van der Waals surface area contributed by atoms with Crippen molar-refractivity contribution in [2.45, 2.75) is 0 Å². The lowest BCUT2D eigenvalue weighted by Gasteiger charge is -2.07. The van der Waals surface area contributed by atoms with Crippen molar-refractivity contribution in [3.05, 3.63) is 59.7 Å². The molecule has 0 atom stereocenters. The number of rotatable bonds is 3. The van der Waals surface area contributed by atoms with Gasteiger partial charge >= 0.3 is 0 Å². The van der Waals surface area contributed by atoms with Crippen molar-refractivity contribution < 1.29 is 9.59 Å². The second-order valence-corrected chi connectivity index (χ2v) is 3.98. The zero-order chi connectivity index (χ0) is 13.8. The predicted molar refractivity (Wildman–Crippen MR) is 73.8 cm³/mol. The van der Waals surface area contributed by atoms with Crippen LogP contribution in [-0.4, -0.2) is 11.8 Å². The molecule has 5 heteroatoms. The summed E-state index contributed by atoms with van der Waals surface area (Å²) in [5.41, 5.74) is 12.7. The molecular formula is C14H13N3O2. The molecule has 0 heterocycles. The van der Waals surface area contributed by atoms with Crippen LogP contribution in [0.2, 0.25) is 0 Å². The van der Waals surface area contributed by atoms with E-state index in [1.54, 1.807) is 24.3 Å². The largest absolute Gasteiger partial charge is 0.397 e. The SMILES string of the molecule is NC(=O)c1ccc(C(=O)Nc2ccccc2N)cc1. The highest BCUT2D eigenvalue weighted by Gasteiger charge is 2.08. The quantitative estimate of drug-likeness (QED) is 0.727. The molecule has 0 aromatic heterocycles. The fourth-order valence-electron chi connectivity index (χ4n) is 1.59. The summed E-state index contributed by atoms with van der Waals surface area (Å²) >= 11 is 0. The summed E-state index contributed by atoms with van der Waals surface area (Å²) in [5, 5.41) is 2.70. The van der Waals surface area contributed by atoms with Crippen LogP contribution in [-0.2, 0) is 0 Å². The molecule has 0 unspecified atom stereocenters. The van der Waals surface area contributed by atoms with Crippen molar-refractivity contribution in [3.8, 4) is 0 Å². The molecule has 2 amide bonds. The van der Waals surface area contributed by atoms with Gasteiger partial charge in [0.1, 0.15) is 0 Å². The molecule has 5 nitrogen and oxygen atoms in total. The third-order valence-corrected chi connectivity index (χ3v) is 2.64. The second-order valence-electron chi connectivity index (χ2n) is 3.98. The first kappa shape index (κ1) is 12.6. The summed E-state index contributed by atoms with van der Waals surface area (Å²) in [6.45, 7) is 0. The van der Waals surface area contributed by atoms with Gasteiger partial charge in [0, 0.05) is 11.1 Å². The second kappa shape index (κ2) is 5.22. The summed E-state index contributed by atoms with van der Waals surface area (Å²) in [7, 11) is 0. The van der Waals surface area contributed by atoms with E-state index in [9.17, 15) is 9.59 Å². The first-order chi connectivity index (χ1) is 9.08. The highest BCUT2D eigenvalue weighted by molar-refractivity contribution is 6.06. The lowest BCUT2D eigenvalue weighted by Crippen LogP contribution is -2.14. The van der Waals surface area contributed by atoms with Crippen LogP contribution < -0.4 is 16.8 Å². The summed E-state index contributed by atoms with van der Waals surface area (Å²) in [4.78, 5) is 22.9. The van der Waals surface area contributed by atoms with Gasteiger partial charge in [-0.05, 0) is 36.4 Å². The minimum absolute atomic E-state index is 0.297. The number of hydrogen-bond donors (Lipinski definition) is 3. The Hall–Kier alpha value is -2.82. The number of anilines is 2. The lowest BCUT2D eigenvalue weighted by molar-refractivity contribution is 0.0995. The summed E-state index contributed by atoms with van der Waals surface area (Å²) in [6, 6.07) is 13.1. The van der Waals surface area contributed by atoms with Gasteiger partial charge in [0.05, 0.1) is 11.4 Å². The Morgan fingerprint density at radius 3 is 2.05 bits per heavy atom. The van der Waals surface area contributed by atoms with E-state index in [1.165, 1.54) is 24.3 Å². The summed E-state index contributed by atoms with van der Waals surface area (Å²) < 4.78 is 0. The molecule has 0 aliphatic heterocycles. The highest BCUT2D eigenvalue weighted by atomic mass is 16.2. The molecule has 19 heavy (non-hydrogen) atoms. The van der Waals surface area contributed by atoms with Crippen molar-refractivity contribution in [2.24, 2.45) is 5.73 Å². The molecule has 2 aromatic carbocycles. The zero-order valence-corrected chi connectivity index (χ0v) is 10.1. The molecule has 0 saturated heterocycles. The van der Waals surface area contributed by atoms with E-state index < -0.39 is 5.91 Å². The molecule has 96 valence electrons. The molecule has 2 rings (SSSR count). The van der Waals surface area contributed by atoms with Gasteiger partial charge in [-0.1, -0.05) is 12.1 Å². The van der Waals surface area contributed by atoms with Crippen LogP contribution >= 0.6 is 0 Å². The summed E-state index contributed by atoms with van der Waals surface area (Å²) in [6.07, 6.45) is 0. The third kappa shape index (κ3) is 2.90. The minimum Gasteiger partial charge on any atom is -0.397 e. The molecule has 0 bridgehead atoms. The number of nitrogens with two attached hydrogens (primary N) is 2. The third-order valence-electron chi connectivity index (χ3n) is 2.64. The van der Waals surface area contributed by atoms with E-state index in [4.69, 9.17) is 11.5 Å². The first-order valence-corrected chi connectivity index (χ1v) is 5.63. The normalized spacial score (nSPS) is 9.89. The van der Waals surface area contributed by atoms with E-state index >= 15 is 0 Å². The van der Waals surface area contributed by atoms with Crippen molar-refractivity contribution in [3.63, 3.8) is 0 Å². The van der Waals surface area contributed by atoms with E-state index in [2.05, 4.69) is 5.32 Å². The maximum atomic E-state index is 12.0. The molecule has 0 fully saturated rings. The average Bonchev–Trinajstić information content (AvgIpc) is 2.41. The van der Waals surface area contributed by atoms with Crippen molar-refractivity contribution in [1.29, 1.82) is 0 Å². The van der Waals surface area contributed by atoms with E-state index in [0.29, 0.717) is 22.5 Å². The monoisotopic (exact) mass is 255 g/mol. The van der Waals surface area contributed by atoms with Crippen molar-refractivity contribution >= 4 is 23.2 Å². The maximum absolute atomic E-state index is 12.0. The Morgan fingerprint density at radius 2 is 1.47 bits per heavy atom. The molecule has 0 saturated carbocycles. The van der Waals surface area contributed by atoms with Gasteiger partial charge < -0.3 is 16.8 Å². The van der Waals surface area contributed by atoms with Crippen LogP contribution in [0.25, 0.3) is 0 Å². The minimum atomic E-state index is -0.528. The fraction of sp³-hybridized carbons (Fsp3) is 0. The highest BCUT2D eigenvalue weighted by Crippen LogP contribution is 2.17. The number of nitrogen functional groups attached to an aromatic ring is 1. The molecule has 5 N–H and O–H groups in total. The van der Waals surface area contributed by atoms with Gasteiger partial charge in [0.2, 0.25) is 5.91 Å². The standard InChI is InChI=1S/C14H13N3O2/c15-11-3-1-2-4-12(11)17-14(19)10-7-5-9(6-8-10)13(16)18/h1-8H,15H2,(H2,16,18)(H,17,19). The van der Waals surface area contributed by atoms with Crippen LogP contribution in [0, 0.1) is 0 Å². The number of nitrogens with one attached hydrogen (secondary N) is 1. The van der Waals surface area contributed by atoms with Crippen LogP contribution in [0.5, 0.6) is 0 Å². The number of benzene rings is 2. The Morgan fingerprint density at radius 1 is 0.895 bits per heavy atom. The van der Waals surface area contributed by atoms with E-state index in [1.807, 2.05) is 0 Å². The van der Waals surface area contributed by atoms with E-state index in [0.717, 1.165) is 0 Å². The van der Waals surface area contributed by atoms with E-state index in [-0.39, 0.29) is 5.91 Å². The number of para-hydroxylation sites is 2. The first-order valence-electron chi connectivity index (χ1n) is 5.63. The molecular weight excluding hydrogens is 242 g/mol. The van der Waals surface area contributed by atoms with Gasteiger partial charge in [-0.3, -0.25) is 9.59 Å². The lowest BCUT2D eigenvalue weighted by atomic mass is 10.1. The molecule has 0 radical (unpaired) electrons. The predicted octanol–water partition coefficient (Wildman–Crippen LogP) is 1.62. The van der Waals surface area contributed by atoms with Gasteiger partial charge in [-0.2, -0.15) is 0 Å².